The summed E-state index contributed by atoms with van der Waals surface area (Å²) >= 11 is 0. The van der Waals surface area contributed by atoms with Gasteiger partial charge in [-0.15, -0.1) is 0 Å². The summed E-state index contributed by atoms with van der Waals surface area (Å²) in [4.78, 5) is 2.60. The van der Waals surface area contributed by atoms with Crippen molar-refractivity contribution in [2.24, 2.45) is 0 Å². The van der Waals surface area contributed by atoms with Crippen molar-refractivity contribution in [3.63, 3.8) is 0 Å². The average molecular weight is 337 g/mol. The van der Waals surface area contributed by atoms with Crippen LogP contribution in [0, 0.1) is 0 Å². The van der Waals surface area contributed by atoms with Gasteiger partial charge in [-0.05, 0) is 5.56 Å². The zero-order valence-electron chi connectivity index (χ0n) is 12.2. The fourth-order valence-electron chi connectivity index (χ4n) is 3.47. The van der Waals surface area contributed by atoms with Crippen LogP contribution in [-0.2, 0) is 0 Å². The zero-order chi connectivity index (χ0) is 13.0. The molecule has 0 bridgehead atoms. The van der Waals surface area contributed by atoms with Crippen molar-refractivity contribution in [3.8, 4) is 0 Å². The number of quaternary nitrogens is 1. The van der Waals surface area contributed by atoms with Gasteiger partial charge in [-0.2, -0.15) is 0 Å². The summed E-state index contributed by atoms with van der Waals surface area (Å²) in [6.07, 6.45) is 7.46. The second-order valence-corrected chi connectivity index (χ2v) is 6.06. The minimum atomic E-state index is 0. The van der Waals surface area contributed by atoms with Crippen molar-refractivity contribution >= 4 is 6.08 Å². The minimum Gasteiger partial charge on any atom is -1.00 e. The van der Waals surface area contributed by atoms with Crippen LogP contribution in [0.4, 0.5) is 0 Å². The lowest BCUT2D eigenvalue weighted by Crippen LogP contribution is -3.00. The van der Waals surface area contributed by atoms with Gasteiger partial charge >= 0.3 is 0 Å². The van der Waals surface area contributed by atoms with E-state index in [0.717, 1.165) is 6.54 Å². The highest BCUT2D eigenvalue weighted by Gasteiger charge is 2.35. The van der Waals surface area contributed by atoms with Crippen molar-refractivity contribution in [3.05, 3.63) is 42.0 Å². The fourth-order valence-corrected chi connectivity index (χ4v) is 3.47. The molecule has 2 saturated heterocycles. The first-order chi connectivity index (χ1) is 9.36. The Labute approximate surface area is 133 Å². The smallest absolute Gasteiger partial charge is 0.0916 e. The summed E-state index contributed by atoms with van der Waals surface area (Å²) in [5.41, 5.74) is 1.31. The van der Waals surface area contributed by atoms with Gasteiger partial charge in [0, 0.05) is 32.5 Å². The van der Waals surface area contributed by atoms with Crippen LogP contribution in [0.25, 0.3) is 6.08 Å². The summed E-state index contributed by atoms with van der Waals surface area (Å²) in [5, 5.41) is 0. The van der Waals surface area contributed by atoms with Crippen molar-refractivity contribution in [2.45, 2.75) is 12.8 Å². The molecule has 0 N–H and O–H groups in total. The van der Waals surface area contributed by atoms with E-state index in [1.165, 1.54) is 62.2 Å². The lowest BCUT2D eigenvalue weighted by Gasteiger charge is -2.41. The Balaban J connectivity index is 0.00000147. The summed E-state index contributed by atoms with van der Waals surface area (Å²) < 4.78 is 1.42. The predicted molar refractivity (Wildman–Crippen MR) is 80.9 cm³/mol. The van der Waals surface area contributed by atoms with E-state index in [9.17, 15) is 0 Å². The van der Waals surface area contributed by atoms with Crippen LogP contribution in [0.15, 0.2) is 36.4 Å². The topological polar surface area (TPSA) is 3.24 Å². The molecule has 1 aromatic rings. The molecular formula is C17H25BrN2. The van der Waals surface area contributed by atoms with Crippen molar-refractivity contribution in [1.29, 1.82) is 0 Å². The van der Waals surface area contributed by atoms with Gasteiger partial charge in [0.05, 0.1) is 26.2 Å². The van der Waals surface area contributed by atoms with Gasteiger partial charge in [0.2, 0.25) is 0 Å². The number of halogens is 1. The van der Waals surface area contributed by atoms with E-state index in [1.54, 1.807) is 0 Å². The monoisotopic (exact) mass is 336 g/mol. The standard InChI is InChI=1S/C17H25N2.BrH/c1-2-7-17(8-3-1)9-6-10-18-11-15-19(16-12-18)13-4-5-14-19;/h1-3,6-9H,4-5,10-16H2;1H/q+1;/p-1/b9-6+;. The maximum atomic E-state index is 2.60. The molecule has 1 aromatic carbocycles. The van der Waals surface area contributed by atoms with Crippen LogP contribution in [0.3, 0.4) is 0 Å². The van der Waals surface area contributed by atoms with E-state index in [0.29, 0.717) is 0 Å². The van der Waals surface area contributed by atoms with Crippen LogP contribution >= 0.6 is 0 Å². The molecule has 2 fully saturated rings. The van der Waals surface area contributed by atoms with Gasteiger partial charge in [-0.3, -0.25) is 4.90 Å². The highest BCUT2D eigenvalue weighted by Crippen LogP contribution is 2.21. The third-order valence-electron chi connectivity index (χ3n) is 4.77. The van der Waals surface area contributed by atoms with E-state index in [1.807, 2.05) is 0 Å². The Morgan fingerprint density at radius 2 is 1.60 bits per heavy atom. The first-order valence-corrected chi connectivity index (χ1v) is 7.65. The Kier molecular flexibility index (Phi) is 5.82. The van der Waals surface area contributed by atoms with Crippen LogP contribution in [0.1, 0.15) is 18.4 Å². The molecule has 20 heavy (non-hydrogen) atoms. The summed E-state index contributed by atoms with van der Waals surface area (Å²) in [6.45, 7) is 9.28. The second-order valence-electron chi connectivity index (χ2n) is 6.06. The molecule has 0 saturated carbocycles. The van der Waals surface area contributed by atoms with Crippen LogP contribution < -0.4 is 17.0 Å². The Bertz CT molecular complexity index is 414. The van der Waals surface area contributed by atoms with Crippen molar-refractivity contribution in [2.75, 3.05) is 45.8 Å². The van der Waals surface area contributed by atoms with Crippen LogP contribution in [0.5, 0.6) is 0 Å². The molecule has 2 heterocycles. The van der Waals surface area contributed by atoms with Gasteiger partial charge in [-0.1, -0.05) is 42.5 Å². The summed E-state index contributed by atoms with van der Waals surface area (Å²) in [5.74, 6) is 0. The Morgan fingerprint density at radius 3 is 2.25 bits per heavy atom. The lowest BCUT2D eigenvalue weighted by atomic mass is 10.2. The van der Waals surface area contributed by atoms with E-state index < -0.39 is 0 Å². The zero-order valence-corrected chi connectivity index (χ0v) is 13.8. The summed E-state index contributed by atoms with van der Waals surface area (Å²) in [7, 11) is 0. The molecule has 2 nitrogen and oxygen atoms in total. The normalized spacial score (nSPS) is 22.2. The third kappa shape index (κ3) is 3.94. The molecular weight excluding hydrogens is 312 g/mol. The molecule has 0 amide bonds. The molecule has 0 aromatic heterocycles. The molecule has 3 heteroatoms. The number of hydrogen-bond donors (Lipinski definition) is 0. The number of nitrogens with zero attached hydrogens (tertiary/aromatic N) is 2. The van der Waals surface area contributed by atoms with Gasteiger partial charge in [0.1, 0.15) is 0 Å². The van der Waals surface area contributed by atoms with Crippen LogP contribution in [-0.4, -0.2) is 55.2 Å². The maximum Gasteiger partial charge on any atom is 0.0916 e. The van der Waals surface area contributed by atoms with E-state index >= 15 is 0 Å². The molecule has 110 valence electrons. The third-order valence-corrected chi connectivity index (χ3v) is 4.77. The average Bonchev–Trinajstić information content (AvgIpc) is 2.91. The molecule has 0 unspecified atom stereocenters. The Hall–Kier alpha value is -0.640. The lowest BCUT2D eigenvalue weighted by molar-refractivity contribution is -0.920. The molecule has 0 atom stereocenters. The first-order valence-electron chi connectivity index (χ1n) is 7.65. The van der Waals surface area contributed by atoms with Gasteiger partial charge in [0.25, 0.3) is 0 Å². The molecule has 3 rings (SSSR count). The molecule has 0 radical (unpaired) electrons. The largest absolute Gasteiger partial charge is 1.00 e. The van der Waals surface area contributed by atoms with Crippen LogP contribution in [0.2, 0.25) is 0 Å². The number of benzene rings is 1. The highest BCUT2D eigenvalue weighted by molar-refractivity contribution is 5.48. The number of rotatable bonds is 3. The van der Waals surface area contributed by atoms with Gasteiger partial charge < -0.3 is 21.5 Å². The molecule has 2 aliphatic rings. The van der Waals surface area contributed by atoms with E-state index in [-0.39, 0.29) is 17.0 Å². The SMILES string of the molecule is C(=C\c1ccccc1)/CN1CC[N+]2(CCCC2)CC1.[Br-]. The molecule has 1 spiro atoms. The fraction of sp³-hybridized carbons (Fsp3) is 0.529. The second kappa shape index (κ2) is 7.39. The van der Waals surface area contributed by atoms with Crippen molar-refractivity contribution in [1.82, 2.24) is 4.90 Å². The first kappa shape index (κ1) is 15.7. The highest BCUT2D eigenvalue weighted by atomic mass is 79.9. The van der Waals surface area contributed by atoms with Crippen molar-refractivity contribution < 1.29 is 21.5 Å². The number of piperazine rings is 1. The minimum absolute atomic E-state index is 0. The van der Waals surface area contributed by atoms with Gasteiger partial charge in [0.15, 0.2) is 0 Å². The molecule has 2 aliphatic heterocycles. The molecule has 0 aliphatic carbocycles. The maximum absolute atomic E-state index is 2.60. The Morgan fingerprint density at radius 1 is 0.950 bits per heavy atom. The van der Waals surface area contributed by atoms with E-state index in [4.69, 9.17) is 0 Å². The quantitative estimate of drug-likeness (QED) is 0.681. The van der Waals surface area contributed by atoms with E-state index in [2.05, 4.69) is 47.4 Å². The number of hydrogen-bond acceptors (Lipinski definition) is 1. The summed E-state index contributed by atoms with van der Waals surface area (Å²) in [6, 6.07) is 10.6. The van der Waals surface area contributed by atoms with Gasteiger partial charge in [-0.25, -0.2) is 0 Å². The predicted octanol–water partition coefficient (Wildman–Crippen LogP) is -0.370.